The molecule has 2 aromatic carbocycles. The highest BCUT2D eigenvalue weighted by molar-refractivity contribution is 5.96. The van der Waals surface area contributed by atoms with Crippen LogP contribution in [-0.4, -0.2) is 38.7 Å². The molecule has 0 radical (unpaired) electrons. The van der Waals surface area contributed by atoms with Crippen molar-refractivity contribution >= 4 is 17.6 Å². The normalized spacial score (nSPS) is 16.1. The Labute approximate surface area is 158 Å². The molecule has 0 unspecified atom stereocenters. The number of carbonyl (C=O) groups excluding carboxylic acids is 2. The van der Waals surface area contributed by atoms with Gasteiger partial charge in [0, 0.05) is 30.8 Å². The van der Waals surface area contributed by atoms with Gasteiger partial charge in [-0.15, -0.1) is 0 Å². The topological polar surface area (TPSA) is 79.9 Å². The molecule has 142 valence electrons. The average molecular weight is 369 g/mol. The number of ether oxygens (including phenoxy) is 2. The third kappa shape index (κ3) is 4.49. The van der Waals surface area contributed by atoms with Gasteiger partial charge < -0.3 is 25.0 Å². The molecule has 1 heterocycles. The molecule has 3 rings (SSSR count). The van der Waals surface area contributed by atoms with Crippen molar-refractivity contribution in [1.29, 1.82) is 0 Å². The highest BCUT2D eigenvalue weighted by atomic mass is 16.5. The molecular formula is C20H23N3O4. The summed E-state index contributed by atoms with van der Waals surface area (Å²) in [6, 6.07) is 14.2. The second-order valence-corrected chi connectivity index (χ2v) is 6.24. The monoisotopic (exact) mass is 369 g/mol. The maximum Gasteiger partial charge on any atom is 0.315 e. The van der Waals surface area contributed by atoms with E-state index in [1.54, 1.807) is 19.1 Å². The number of amides is 3. The third-order valence-corrected chi connectivity index (χ3v) is 4.48. The Hall–Kier alpha value is -3.22. The smallest absolute Gasteiger partial charge is 0.315 e. The number of benzene rings is 2. The fourth-order valence-electron chi connectivity index (χ4n) is 3.08. The van der Waals surface area contributed by atoms with Crippen molar-refractivity contribution in [1.82, 2.24) is 10.6 Å². The number of anilines is 1. The van der Waals surface area contributed by atoms with Crippen molar-refractivity contribution in [3.63, 3.8) is 0 Å². The van der Waals surface area contributed by atoms with Crippen LogP contribution >= 0.6 is 0 Å². The quantitative estimate of drug-likeness (QED) is 0.819. The lowest BCUT2D eigenvalue weighted by Crippen LogP contribution is -2.43. The van der Waals surface area contributed by atoms with E-state index in [0.29, 0.717) is 13.1 Å². The van der Waals surface area contributed by atoms with E-state index in [-0.39, 0.29) is 24.4 Å². The van der Waals surface area contributed by atoms with Crippen LogP contribution in [0.5, 0.6) is 11.5 Å². The van der Waals surface area contributed by atoms with Gasteiger partial charge >= 0.3 is 6.03 Å². The number of rotatable bonds is 6. The van der Waals surface area contributed by atoms with Crippen LogP contribution in [-0.2, 0) is 11.3 Å². The molecule has 1 fully saturated rings. The van der Waals surface area contributed by atoms with Gasteiger partial charge in [-0.05, 0) is 30.3 Å². The molecule has 1 saturated heterocycles. The van der Waals surface area contributed by atoms with Crippen LogP contribution in [0.25, 0.3) is 0 Å². The zero-order valence-electron chi connectivity index (χ0n) is 15.4. The SMILES string of the molecule is COc1ccc(N2C[C@@H](NC(=O)NCc3ccccc3OC)CC2=O)cc1. The van der Waals surface area contributed by atoms with Gasteiger partial charge in [0.2, 0.25) is 5.91 Å². The van der Waals surface area contributed by atoms with Gasteiger partial charge in [-0.3, -0.25) is 4.79 Å². The predicted octanol–water partition coefficient (Wildman–Crippen LogP) is 2.31. The second-order valence-electron chi connectivity index (χ2n) is 6.24. The maximum absolute atomic E-state index is 12.3. The molecule has 2 N–H and O–H groups in total. The van der Waals surface area contributed by atoms with Gasteiger partial charge in [0.1, 0.15) is 11.5 Å². The summed E-state index contributed by atoms with van der Waals surface area (Å²) in [6.07, 6.45) is 0.272. The van der Waals surface area contributed by atoms with Crippen LogP contribution in [0.2, 0.25) is 0 Å². The zero-order valence-corrected chi connectivity index (χ0v) is 15.4. The molecule has 1 aliphatic heterocycles. The van der Waals surface area contributed by atoms with E-state index in [1.807, 2.05) is 48.5 Å². The van der Waals surface area contributed by atoms with Gasteiger partial charge in [0.25, 0.3) is 0 Å². The first-order valence-corrected chi connectivity index (χ1v) is 8.71. The number of nitrogens with one attached hydrogen (secondary N) is 2. The minimum atomic E-state index is -0.310. The Morgan fingerprint density at radius 3 is 2.56 bits per heavy atom. The lowest BCUT2D eigenvalue weighted by atomic mass is 10.2. The minimum Gasteiger partial charge on any atom is -0.497 e. The van der Waals surface area contributed by atoms with E-state index >= 15 is 0 Å². The molecule has 0 aliphatic carbocycles. The fourth-order valence-corrected chi connectivity index (χ4v) is 3.08. The molecule has 3 amide bonds. The van der Waals surface area contributed by atoms with E-state index < -0.39 is 0 Å². The summed E-state index contributed by atoms with van der Waals surface area (Å²) in [5.74, 6) is 1.44. The summed E-state index contributed by atoms with van der Waals surface area (Å²) in [7, 11) is 3.19. The van der Waals surface area contributed by atoms with Crippen LogP contribution in [0, 0.1) is 0 Å². The first-order valence-electron chi connectivity index (χ1n) is 8.71. The molecule has 0 spiro atoms. The van der Waals surface area contributed by atoms with Gasteiger partial charge in [0.05, 0.1) is 20.3 Å². The summed E-state index contributed by atoms with van der Waals surface area (Å²) in [4.78, 5) is 26.2. The lowest BCUT2D eigenvalue weighted by molar-refractivity contribution is -0.117. The first-order chi connectivity index (χ1) is 13.1. The Morgan fingerprint density at radius 2 is 1.85 bits per heavy atom. The van der Waals surface area contributed by atoms with Crippen LogP contribution < -0.4 is 25.0 Å². The molecule has 0 bridgehead atoms. The number of hydrogen-bond acceptors (Lipinski definition) is 4. The van der Waals surface area contributed by atoms with Crippen LogP contribution in [0.4, 0.5) is 10.5 Å². The lowest BCUT2D eigenvalue weighted by Gasteiger charge is -2.18. The van der Waals surface area contributed by atoms with Gasteiger partial charge in [-0.25, -0.2) is 4.79 Å². The van der Waals surface area contributed by atoms with E-state index in [0.717, 1.165) is 22.7 Å². The van der Waals surface area contributed by atoms with Crippen LogP contribution in [0.1, 0.15) is 12.0 Å². The Balaban J connectivity index is 1.53. The highest BCUT2D eigenvalue weighted by Crippen LogP contribution is 2.24. The zero-order chi connectivity index (χ0) is 19.2. The number of nitrogens with zero attached hydrogens (tertiary/aromatic N) is 1. The van der Waals surface area contributed by atoms with E-state index in [4.69, 9.17) is 9.47 Å². The molecule has 0 aromatic heterocycles. The highest BCUT2D eigenvalue weighted by Gasteiger charge is 2.31. The van der Waals surface area contributed by atoms with Crippen molar-refractivity contribution < 1.29 is 19.1 Å². The molecule has 7 nitrogen and oxygen atoms in total. The van der Waals surface area contributed by atoms with Gasteiger partial charge in [-0.1, -0.05) is 18.2 Å². The molecule has 27 heavy (non-hydrogen) atoms. The molecule has 1 aliphatic rings. The number of carbonyl (C=O) groups is 2. The van der Waals surface area contributed by atoms with Crippen LogP contribution in [0.15, 0.2) is 48.5 Å². The minimum absolute atomic E-state index is 0.0183. The molecule has 2 aromatic rings. The summed E-state index contributed by atoms with van der Waals surface area (Å²) >= 11 is 0. The number of methoxy groups -OCH3 is 2. The maximum atomic E-state index is 12.3. The summed E-state index contributed by atoms with van der Waals surface area (Å²) in [5, 5.41) is 5.67. The largest absolute Gasteiger partial charge is 0.497 e. The van der Waals surface area contributed by atoms with E-state index in [9.17, 15) is 9.59 Å². The summed E-state index contributed by atoms with van der Waals surface area (Å²) < 4.78 is 10.4. The Kier molecular flexibility index (Phi) is 5.80. The second kappa shape index (κ2) is 8.44. The van der Waals surface area contributed by atoms with E-state index in [2.05, 4.69) is 10.6 Å². The van der Waals surface area contributed by atoms with Crippen molar-refractivity contribution in [3.8, 4) is 11.5 Å². The number of hydrogen-bond donors (Lipinski definition) is 2. The molecule has 0 saturated carbocycles. The van der Waals surface area contributed by atoms with E-state index in [1.165, 1.54) is 0 Å². The molecule has 7 heteroatoms. The number of urea groups is 1. The summed E-state index contributed by atoms with van der Waals surface area (Å²) in [5.41, 5.74) is 1.68. The van der Waals surface area contributed by atoms with Gasteiger partial charge in [0.15, 0.2) is 0 Å². The predicted molar refractivity (Wildman–Crippen MR) is 102 cm³/mol. The van der Waals surface area contributed by atoms with Crippen molar-refractivity contribution in [2.24, 2.45) is 0 Å². The Morgan fingerprint density at radius 1 is 1.11 bits per heavy atom. The van der Waals surface area contributed by atoms with Crippen molar-refractivity contribution in [2.75, 3.05) is 25.7 Å². The van der Waals surface area contributed by atoms with Crippen molar-refractivity contribution in [3.05, 3.63) is 54.1 Å². The molecular weight excluding hydrogens is 346 g/mol. The number of para-hydroxylation sites is 1. The Bertz CT molecular complexity index is 807. The van der Waals surface area contributed by atoms with Crippen LogP contribution in [0.3, 0.4) is 0 Å². The summed E-state index contributed by atoms with van der Waals surface area (Å²) in [6.45, 7) is 0.784. The van der Waals surface area contributed by atoms with Gasteiger partial charge in [-0.2, -0.15) is 0 Å². The fraction of sp³-hybridized carbons (Fsp3) is 0.300. The standard InChI is InChI=1S/C20H23N3O4/c1-26-17-9-7-16(8-10-17)23-13-15(11-19(23)24)22-20(25)21-12-14-5-3-4-6-18(14)27-2/h3-10,15H,11-13H2,1-2H3,(H2,21,22,25)/t15-/m0/s1. The third-order valence-electron chi connectivity index (χ3n) is 4.48. The first kappa shape index (κ1) is 18.6. The average Bonchev–Trinajstić information content (AvgIpc) is 3.06. The molecule has 1 atom stereocenters. The van der Waals surface area contributed by atoms with Crippen molar-refractivity contribution in [2.45, 2.75) is 19.0 Å².